The second-order valence-electron chi connectivity index (χ2n) is 4.58. The van der Waals surface area contributed by atoms with Crippen LogP contribution in [0, 0.1) is 0 Å². The van der Waals surface area contributed by atoms with Crippen LogP contribution in [0.3, 0.4) is 0 Å². The smallest absolute Gasteiger partial charge is 0.222 e. The Morgan fingerprint density at radius 2 is 2.25 bits per heavy atom. The molecule has 0 aliphatic carbocycles. The lowest BCUT2D eigenvalue weighted by Crippen LogP contribution is -2.13. The van der Waals surface area contributed by atoms with Gasteiger partial charge in [0, 0.05) is 28.3 Å². The van der Waals surface area contributed by atoms with Gasteiger partial charge in [0.15, 0.2) is 0 Å². The van der Waals surface area contributed by atoms with Crippen LogP contribution in [-0.4, -0.2) is 19.9 Å². The molecule has 0 bridgehead atoms. The number of halogens is 1. The molecule has 20 heavy (non-hydrogen) atoms. The maximum atomic E-state index is 11.6. The van der Waals surface area contributed by atoms with Gasteiger partial charge < -0.3 is 5.32 Å². The molecule has 104 valence electrons. The van der Waals surface area contributed by atoms with Crippen LogP contribution in [-0.2, 0) is 27.1 Å². The second kappa shape index (κ2) is 5.03. The Labute approximate surface area is 123 Å². The Hall–Kier alpha value is -1.66. The van der Waals surface area contributed by atoms with Crippen LogP contribution >= 0.6 is 11.6 Å². The van der Waals surface area contributed by atoms with Gasteiger partial charge in [0.25, 0.3) is 0 Å². The zero-order valence-electron chi connectivity index (χ0n) is 10.7. The minimum atomic E-state index is -0.936. The molecule has 1 aromatic carbocycles. The van der Waals surface area contributed by atoms with Gasteiger partial charge in [-0.05, 0) is 18.2 Å². The SMILES string of the molecule is CC(=O)Nc1c2c(nn1-c1cccc(Cl)c1)C[S@](=O)C2. The third kappa shape index (κ3) is 2.36. The lowest BCUT2D eigenvalue weighted by atomic mass is 10.2. The van der Waals surface area contributed by atoms with E-state index >= 15 is 0 Å². The monoisotopic (exact) mass is 309 g/mol. The maximum Gasteiger partial charge on any atom is 0.222 e. The number of hydrogen-bond acceptors (Lipinski definition) is 3. The summed E-state index contributed by atoms with van der Waals surface area (Å²) in [6, 6.07) is 7.22. The summed E-state index contributed by atoms with van der Waals surface area (Å²) >= 11 is 5.99. The molecule has 0 unspecified atom stereocenters. The third-order valence-corrected chi connectivity index (χ3v) is 4.46. The highest BCUT2D eigenvalue weighted by Gasteiger charge is 2.27. The van der Waals surface area contributed by atoms with Crippen molar-refractivity contribution in [1.82, 2.24) is 9.78 Å². The molecule has 1 aliphatic rings. The zero-order chi connectivity index (χ0) is 14.3. The molecule has 7 heteroatoms. The summed E-state index contributed by atoms with van der Waals surface area (Å²) in [6.45, 7) is 1.44. The molecule has 0 fully saturated rings. The van der Waals surface area contributed by atoms with Crippen molar-refractivity contribution in [3.05, 3.63) is 40.5 Å². The van der Waals surface area contributed by atoms with Gasteiger partial charge in [-0.1, -0.05) is 17.7 Å². The van der Waals surface area contributed by atoms with Crippen LogP contribution in [0.5, 0.6) is 0 Å². The highest BCUT2D eigenvalue weighted by atomic mass is 35.5. The summed E-state index contributed by atoms with van der Waals surface area (Å²) in [4.78, 5) is 11.4. The summed E-state index contributed by atoms with van der Waals surface area (Å²) in [5, 5.41) is 7.83. The first-order valence-electron chi connectivity index (χ1n) is 6.04. The number of benzene rings is 1. The van der Waals surface area contributed by atoms with E-state index in [4.69, 9.17) is 11.6 Å². The summed E-state index contributed by atoms with van der Waals surface area (Å²) in [5.41, 5.74) is 2.38. The largest absolute Gasteiger partial charge is 0.311 e. The molecular weight excluding hydrogens is 298 g/mol. The van der Waals surface area contributed by atoms with Gasteiger partial charge in [-0.3, -0.25) is 9.00 Å². The quantitative estimate of drug-likeness (QED) is 0.925. The molecule has 0 saturated carbocycles. The molecule has 0 saturated heterocycles. The Morgan fingerprint density at radius 1 is 1.45 bits per heavy atom. The molecule has 0 spiro atoms. The fraction of sp³-hybridized carbons (Fsp3) is 0.231. The molecule has 0 radical (unpaired) electrons. The lowest BCUT2D eigenvalue weighted by molar-refractivity contribution is -0.114. The summed E-state index contributed by atoms with van der Waals surface area (Å²) in [5.74, 6) is 1.25. The van der Waals surface area contributed by atoms with Crippen LogP contribution < -0.4 is 5.32 Å². The number of nitrogens with zero attached hydrogens (tertiary/aromatic N) is 2. The van der Waals surface area contributed by atoms with Crippen molar-refractivity contribution < 1.29 is 9.00 Å². The normalized spacial score (nSPS) is 17.0. The van der Waals surface area contributed by atoms with Crippen LogP contribution in [0.15, 0.2) is 24.3 Å². The first-order valence-corrected chi connectivity index (χ1v) is 7.90. The molecule has 5 nitrogen and oxygen atoms in total. The molecule has 1 atom stereocenters. The molecule has 1 N–H and O–H groups in total. The Kier molecular flexibility index (Phi) is 3.35. The number of rotatable bonds is 2. The topological polar surface area (TPSA) is 64.0 Å². The van der Waals surface area contributed by atoms with E-state index in [1.54, 1.807) is 16.8 Å². The predicted octanol–water partition coefficient (Wildman–Crippen LogP) is 2.25. The zero-order valence-corrected chi connectivity index (χ0v) is 12.3. The van der Waals surface area contributed by atoms with Crippen molar-refractivity contribution >= 4 is 34.1 Å². The Morgan fingerprint density at radius 3 is 2.95 bits per heavy atom. The van der Waals surface area contributed by atoms with E-state index in [1.807, 2.05) is 12.1 Å². The minimum Gasteiger partial charge on any atom is -0.311 e. The number of fused-ring (bicyclic) bond motifs is 1. The molecule has 1 amide bonds. The number of hydrogen-bond donors (Lipinski definition) is 1. The number of amides is 1. The van der Waals surface area contributed by atoms with Crippen molar-refractivity contribution in [2.45, 2.75) is 18.4 Å². The highest BCUT2D eigenvalue weighted by Crippen LogP contribution is 2.31. The first-order chi connectivity index (χ1) is 9.54. The molecule has 2 heterocycles. The van der Waals surface area contributed by atoms with Crippen LogP contribution in [0.4, 0.5) is 5.82 Å². The third-order valence-electron chi connectivity index (χ3n) is 3.02. The van der Waals surface area contributed by atoms with Crippen molar-refractivity contribution in [1.29, 1.82) is 0 Å². The molecule has 1 aliphatic heterocycles. The molecule has 2 aromatic rings. The number of carbonyl (C=O) groups excluding carboxylic acids is 1. The van der Waals surface area contributed by atoms with Gasteiger partial charge >= 0.3 is 0 Å². The van der Waals surface area contributed by atoms with E-state index in [9.17, 15) is 9.00 Å². The average molecular weight is 310 g/mol. The standard InChI is InChI=1S/C13H12ClN3O2S/c1-8(18)15-13-11-6-20(19)7-12(11)16-17(13)10-4-2-3-9(14)5-10/h2-5H,6-7H2,1H3,(H,15,18)/t20-/m1/s1. The number of aromatic nitrogens is 2. The number of nitrogens with one attached hydrogen (secondary N) is 1. The first kappa shape index (κ1) is 13.3. The number of carbonyl (C=O) groups is 1. The fourth-order valence-electron chi connectivity index (χ4n) is 2.22. The van der Waals surface area contributed by atoms with E-state index in [-0.39, 0.29) is 5.91 Å². The highest BCUT2D eigenvalue weighted by molar-refractivity contribution is 7.83. The Balaban J connectivity index is 2.14. The summed E-state index contributed by atoms with van der Waals surface area (Å²) in [6.07, 6.45) is 0. The van der Waals surface area contributed by atoms with E-state index in [0.29, 0.717) is 22.3 Å². The molecule has 1 aromatic heterocycles. The second-order valence-corrected chi connectivity index (χ2v) is 6.47. The fourth-order valence-corrected chi connectivity index (χ4v) is 3.67. The van der Waals surface area contributed by atoms with Gasteiger partial charge in [-0.2, -0.15) is 5.10 Å². The number of anilines is 1. The molecule has 3 rings (SSSR count). The predicted molar refractivity (Wildman–Crippen MR) is 78.4 cm³/mol. The summed E-state index contributed by atoms with van der Waals surface area (Å²) in [7, 11) is -0.936. The average Bonchev–Trinajstić information content (AvgIpc) is 2.87. The summed E-state index contributed by atoms with van der Waals surface area (Å²) < 4.78 is 13.3. The van der Waals surface area contributed by atoms with E-state index in [1.165, 1.54) is 6.92 Å². The van der Waals surface area contributed by atoms with E-state index in [0.717, 1.165) is 16.9 Å². The van der Waals surface area contributed by atoms with Crippen molar-refractivity contribution in [2.24, 2.45) is 0 Å². The van der Waals surface area contributed by atoms with E-state index in [2.05, 4.69) is 10.4 Å². The van der Waals surface area contributed by atoms with Gasteiger partial charge in [0.1, 0.15) is 5.82 Å². The molecular formula is C13H12ClN3O2S. The van der Waals surface area contributed by atoms with Crippen molar-refractivity contribution in [2.75, 3.05) is 5.32 Å². The van der Waals surface area contributed by atoms with Crippen LogP contribution in [0.2, 0.25) is 5.02 Å². The van der Waals surface area contributed by atoms with Gasteiger partial charge in [-0.15, -0.1) is 0 Å². The van der Waals surface area contributed by atoms with Crippen molar-refractivity contribution in [3.63, 3.8) is 0 Å². The van der Waals surface area contributed by atoms with Gasteiger partial charge in [0.2, 0.25) is 5.91 Å². The van der Waals surface area contributed by atoms with Crippen LogP contribution in [0.25, 0.3) is 5.69 Å². The minimum absolute atomic E-state index is 0.186. The lowest BCUT2D eigenvalue weighted by Gasteiger charge is -2.09. The Bertz CT molecular complexity index is 726. The maximum absolute atomic E-state index is 11.6. The van der Waals surface area contributed by atoms with Crippen molar-refractivity contribution in [3.8, 4) is 5.69 Å². The van der Waals surface area contributed by atoms with Gasteiger partial charge in [-0.25, -0.2) is 4.68 Å². The van der Waals surface area contributed by atoms with E-state index < -0.39 is 10.8 Å². The van der Waals surface area contributed by atoms with Crippen LogP contribution in [0.1, 0.15) is 18.2 Å². The van der Waals surface area contributed by atoms with Gasteiger partial charge in [0.05, 0.1) is 22.9 Å².